The van der Waals surface area contributed by atoms with Crippen LogP contribution in [-0.2, 0) is 16.6 Å². The molecular weight excluding hydrogens is 358 g/mol. The second-order valence-corrected chi connectivity index (χ2v) is 10.3. The van der Waals surface area contributed by atoms with E-state index in [1.165, 1.54) is 51.4 Å². The van der Waals surface area contributed by atoms with E-state index in [2.05, 4.69) is 10.2 Å². The standard InChI is InChI=1S/C21H33N3O2S/c25-27(26,24-15-13-23(14-16-24)20-7-3-4-8-20)21-11-9-18(10-12-21)17-22-19-5-1-2-6-19/h9-12,19-20,22H,1-8,13-17H2. The minimum absolute atomic E-state index is 0.432. The zero-order valence-corrected chi connectivity index (χ0v) is 17.1. The van der Waals surface area contributed by atoms with Crippen LogP contribution in [0.25, 0.3) is 0 Å². The number of nitrogens with one attached hydrogen (secondary N) is 1. The molecule has 0 amide bonds. The highest BCUT2D eigenvalue weighted by Crippen LogP contribution is 2.26. The van der Waals surface area contributed by atoms with E-state index in [4.69, 9.17) is 0 Å². The first-order valence-corrected chi connectivity index (χ1v) is 12.1. The monoisotopic (exact) mass is 391 g/mol. The van der Waals surface area contributed by atoms with Gasteiger partial charge in [-0.3, -0.25) is 4.90 Å². The van der Waals surface area contributed by atoms with Crippen LogP contribution in [0.4, 0.5) is 0 Å². The highest BCUT2D eigenvalue weighted by Gasteiger charge is 2.31. The van der Waals surface area contributed by atoms with Crippen molar-refractivity contribution in [2.75, 3.05) is 26.2 Å². The van der Waals surface area contributed by atoms with Crippen molar-refractivity contribution in [3.05, 3.63) is 29.8 Å². The molecule has 0 bridgehead atoms. The fourth-order valence-electron chi connectivity index (χ4n) is 4.90. The minimum atomic E-state index is -3.37. The van der Waals surface area contributed by atoms with Crippen molar-refractivity contribution in [3.63, 3.8) is 0 Å². The van der Waals surface area contributed by atoms with E-state index >= 15 is 0 Å². The van der Waals surface area contributed by atoms with Gasteiger partial charge >= 0.3 is 0 Å². The number of benzene rings is 1. The highest BCUT2D eigenvalue weighted by molar-refractivity contribution is 7.89. The fourth-order valence-corrected chi connectivity index (χ4v) is 6.32. The summed E-state index contributed by atoms with van der Waals surface area (Å²) in [7, 11) is -3.37. The Hall–Kier alpha value is -0.950. The maximum absolute atomic E-state index is 13.0. The van der Waals surface area contributed by atoms with Gasteiger partial charge in [-0.15, -0.1) is 0 Å². The Bertz CT molecular complexity index is 699. The number of piperazine rings is 1. The molecule has 0 spiro atoms. The van der Waals surface area contributed by atoms with E-state index in [0.717, 1.165) is 25.2 Å². The number of nitrogens with zero attached hydrogens (tertiary/aromatic N) is 2. The quantitative estimate of drug-likeness (QED) is 0.810. The van der Waals surface area contributed by atoms with Gasteiger partial charge in [0.05, 0.1) is 4.90 Å². The molecule has 0 aromatic heterocycles. The zero-order chi connectivity index (χ0) is 18.7. The van der Waals surface area contributed by atoms with Crippen molar-refractivity contribution in [3.8, 4) is 0 Å². The number of hydrogen-bond acceptors (Lipinski definition) is 4. The summed E-state index contributed by atoms with van der Waals surface area (Å²) in [5.41, 5.74) is 1.16. The smallest absolute Gasteiger partial charge is 0.243 e. The van der Waals surface area contributed by atoms with Gasteiger partial charge in [-0.2, -0.15) is 4.31 Å². The van der Waals surface area contributed by atoms with Crippen molar-refractivity contribution in [1.82, 2.24) is 14.5 Å². The molecule has 1 heterocycles. The van der Waals surface area contributed by atoms with Crippen molar-refractivity contribution in [2.24, 2.45) is 0 Å². The zero-order valence-electron chi connectivity index (χ0n) is 16.3. The van der Waals surface area contributed by atoms with Crippen LogP contribution < -0.4 is 5.32 Å². The highest BCUT2D eigenvalue weighted by atomic mass is 32.2. The Morgan fingerprint density at radius 1 is 0.852 bits per heavy atom. The van der Waals surface area contributed by atoms with Gasteiger partial charge < -0.3 is 5.32 Å². The summed E-state index contributed by atoms with van der Waals surface area (Å²) in [5, 5.41) is 3.59. The molecule has 2 saturated carbocycles. The molecule has 27 heavy (non-hydrogen) atoms. The molecule has 1 saturated heterocycles. The fraction of sp³-hybridized carbons (Fsp3) is 0.714. The lowest BCUT2D eigenvalue weighted by atomic mass is 10.2. The van der Waals surface area contributed by atoms with Crippen molar-refractivity contribution in [1.29, 1.82) is 0 Å². The third kappa shape index (κ3) is 4.56. The summed E-state index contributed by atoms with van der Waals surface area (Å²) < 4.78 is 27.6. The van der Waals surface area contributed by atoms with E-state index in [1.54, 1.807) is 16.4 Å². The van der Waals surface area contributed by atoms with Gasteiger partial charge in [-0.1, -0.05) is 37.8 Å². The maximum Gasteiger partial charge on any atom is 0.243 e. The normalized spacial score (nSPS) is 24.0. The van der Waals surface area contributed by atoms with E-state index in [9.17, 15) is 8.42 Å². The van der Waals surface area contributed by atoms with E-state index in [0.29, 0.717) is 30.1 Å². The van der Waals surface area contributed by atoms with Crippen LogP contribution in [0.15, 0.2) is 29.2 Å². The SMILES string of the molecule is O=S(=O)(c1ccc(CNC2CCCC2)cc1)N1CCN(C2CCCC2)CC1. The van der Waals surface area contributed by atoms with Crippen LogP contribution in [-0.4, -0.2) is 55.9 Å². The molecule has 1 aromatic carbocycles. The molecule has 0 radical (unpaired) electrons. The molecule has 3 aliphatic rings. The summed E-state index contributed by atoms with van der Waals surface area (Å²) in [6.45, 7) is 3.79. The molecule has 1 N–H and O–H groups in total. The maximum atomic E-state index is 13.0. The van der Waals surface area contributed by atoms with Crippen LogP contribution in [0.5, 0.6) is 0 Å². The first-order valence-electron chi connectivity index (χ1n) is 10.7. The minimum Gasteiger partial charge on any atom is -0.310 e. The second-order valence-electron chi connectivity index (χ2n) is 8.38. The predicted octanol–water partition coefficient (Wildman–Crippen LogP) is 2.97. The summed E-state index contributed by atoms with van der Waals surface area (Å²) in [4.78, 5) is 2.93. The molecular formula is C21H33N3O2S. The van der Waals surface area contributed by atoms with Crippen molar-refractivity contribution >= 4 is 10.0 Å². The van der Waals surface area contributed by atoms with Gasteiger partial charge in [0, 0.05) is 44.8 Å². The lowest BCUT2D eigenvalue weighted by molar-refractivity contribution is 0.139. The first-order chi connectivity index (χ1) is 13.1. The van der Waals surface area contributed by atoms with Gasteiger partial charge in [0.1, 0.15) is 0 Å². The molecule has 3 fully saturated rings. The molecule has 1 aromatic rings. The van der Waals surface area contributed by atoms with Gasteiger partial charge in [-0.05, 0) is 43.4 Å². The second kappa shape index (κ2) is 8.60. The van der Waals surface area contributed by atoms with E-state index < -0.39 is 10.0 Å². The summed E-state index contributed by atoms with van der Waals surface area (Å²) in [6.07, 6.45) is 10.4. The Labute approximate surface area is 164 Å². The number of rotatable bonds is 6. The molecule has 5 nitrogen and oxygen atoms in total. The number of sulfonamides is 1. The average Bonchev–Trinajstić information content (AvgIpc) is 3.41. The number of hydrogen-bond donors (Lipinski definition) is 1. The molecule has 150 valence electrons. The molecule has 6 heteroatoms. The Balaban J connectivity index is 1.32. The van der Waals surface area contributed by atoms with Crippen molar-refractivity contribution < 1.29 is 8.42 Å². The topological polar surface area (TPSA) is 52.7 Å². The molecule has 0 unspecified atom stereocenters. The Kier molecular flexibility index (Phi) is 6.17. The van der Waals surface area contributed by atoms with E-state index in [-0.39, 0.29) is 0 Å². The van der Waals surface area contributed by atoms with E-state index in [1.807, 2.05) is 12.1 Å². The van der Waals surface area contributed by atoms with Crippen LogP contribution in [0.2, 0.25) is 0 Å². The third-order valence-electron chi connectivity index (χ3n) is 6.63. The molecule has 0 atom stereocenters. The van der Waals surface area contributed by atoms with Gasteiger partial charge in [0.25, 0.3) is 0 Å². The van der Waals surface area contributed by atoms with Crippen LogP contribution >= 0.6 is 0 Å². The lowest BCUT2D eigenvalue weighted by Crippen LogP contribution is -2.51. The Morgan fingerprint density at radius 2 is 1.44 bits per heavy atom. The predicted molar refractivity (Wildman–Crippen MR) is 108 cm³/mol. The Morgan fingerprint density at radius 3 is 2.07 bits per heavy atom. The van der Waals surface area contributed by atoms with Gasteiger partial charge in [0.15, 0.2) is 0 Å². The lowest BCUT2D eigenvalue weighted by Gasteiger charge is -2.37. The van der Waals surface area contributed by atoms with Gasteiger partial charge in [-0.25, -0.2) is 8.42 Å². The summed E-state index contributed by atoms with van der Waals surface area (Å²) in [5.74, 6) is 0. The molecule has 2 aliphatic carbocycles. The summed E-state index contributed by atoms with van der Waals surface area (Å²) >= 11 is 0. The average molecular weight is 392 g/mol. The van der Waals surface area contributed by atoms with Crippen LogP contribution in [0.3, 0.4) is 0 Å². The summed E-state index contributed by atoms with van der Waals surface area (Å²) in [6, 6.07) is 8.80. The van der Waals surface area contributed by atoms with Crippen molar-refractivity contribution in [2.45, 2.75) is 74.9 Å². The van der Waals surface area contributed by atoms with Crippen LogP contribution in [0.1, 0.15) is 56.9 Å². The van der Waals surface area contributed by atoms with Gasteiger partial charge in [0.2, 0.25) is 10.0 Å². The first kappa shape index (κ1) is 19.4. The molecule has 1 aliphatic heterocycles. The molecule has 4 rings (SSSR count). The van der Waals surface area contributed by atoms with Crippen LogP contribution in [0, 0.1) is 0 Å². The largest absolute Gasteiger partial charge is 0.310 e. The third-order valence-corrected chi connectivity index (χ3v) is 8.54.